The first-order valence-electron chi connectivity index (χ1n) is 6.59. The van der Waals surface area contributed by atoms with Gasteiger partial charge >= 0.3 is 0 Å². The number of amides is 1. The summed E-state index contributed by atoms with van der Waals surface area (Å²) >= 11 is 12.1. The van der Waals surface area contributed by atoms with E-state index in [9.17, 15) is 4.79 Å². The lowest BCUT2D eigenvalue weighted by Crippen LogP contribution is -2.28. The molecular weight excluding hydrogens is 297 g/mol. The number of fused-ring (bicyclic) bond motifs is 1. The number of nitrogens with zero attached hydrogens (tertiary/aromatic N) is 2. The zero-order valence-corrected chi connectivity index (χ0v) is 13.0. The van der Waals surface area contributed by atoms with Crippen LogP contribution in [0.3, 0.4) is 0 Å². The van der Waals surface area contributed by atoms with Crippen LogP contribution < -0.4 is 5.32 Å². The minimum absolute atomic E-state index is 0.0420. The number of aromatic nitrogens is 2. The molecule has 1 amide bonds. The highest BCUT2D eigenvalue weighted by atomic mass is 35.5. The van der Waals surface area contributed by atoms with Crippen LogP contribution in [-0.2, 0) is 11.3 Å². The lowest BCUT2D eigenvalue weighted by molar-refractivity contribution is -0.121. The summed E-state index contributed by atoms with van der Waals surface area (Å²) in [4.78, 5) is 16.4. The molecule has 0 bridgehead atoms. The molecule has 0 saturated heterocycles. The van der Waals surface area contributed by atoms with E-state index >= 15 is 0 Å². The summed E-state index contributed by atoms with van der Waals surface area (Å²) in [6, 6.07) is 5.43. The maximum Gasteiger partial charge on any atom is 0.240 e. The first-order valence-corrected chi connectivity index (χ1v) is 7.40. The summed E-state index contributed by atoms with van der Waals surface area (Å²) in [6.45, 7) is 4.74. The third kappa shape index (κ3) is 3.25. The van der Waals surface area contributed by atoms with Gasteiger partial charge in [0, 0.05) is 11.6 Å². The lowest BCUT2D eigenvalue weighted by atomic mass is 10.3. The average Bonchev–Trinajstić information content (AvgIpc) is 2.74. The highest BCUT2D eigenvalue weighted by molar-refractivity contribution is 6.31. The minimum atomic E-state index is -0.278. The van der Waals surface area contributed by atoms with Gasteiger partial charge in [-0.05, 0) is 31.5 Å². The molecule has 2 aromatic rings. The topological polar surface area (TPSA) is 46.9 Å². The fraction of sp³-hybridized carbons (Fsp3) is 0.429. The second-order valence-electron chi connectivity index (χ2n) is 4.66. The van der Waals surface area contributed by atoms with E-state index in [-0.39, 0.29) is 17.8 Å². The van der Waals surface area contributed by atoms with Crippen molar-refractivity contribution in [1.29, 1.82) is 0 Å². The first-order chi connectivity index (χ1) is 9.52. The molecule has 6 heteroatoms. The van der Waals surface area contributed by atoms with Gasteiger partial charge in [-0.1, -0.05) is 18.5 Å². The molecule has 1 aromatic carbocycles. The van der Waals surface area contributed by atoms with E-state index in [4.69, 9.17) is 23.2 Å². The van der Waals surface area contributed by atoms with Crippen LogP contribution in [0.1, 0.15) is 31.5 Å². The van der Waals surface area contributed by atoms with E-state index in [0.717, 1.165) is 17.5 Å². The van der Waals surface area contributed by atoms with E-state index in [1.807, 2.05) is 24.5 Å². The summed E-state index contributed by atoms with van der Waals surface area (Å²) in [6.07, 6.45) is 0.908. The van der Waals surface area contributed by atoms with Crippen LogP contribution in [0, 0.1) is 0 Å². The maximum atomic E-state index is 11.9. The summed E-state index contributed by atoms with van der Waals surface area (Å²) in [5, 5.41) is 3.20. The second kappa shape index (κ2) is 6.46. The van der Waals surface area contributed by atoms with Gasteiger partial charge in [-0.2, -0.15) is 0 Å². The Morgan fingerprint density at radius 2 is 2.25 bits per heavy atom. The van der Waals surface area contributed by atoms with Gasteiger partial charge in [0.2, 0.25) is 5.91 Å². The second-order valence-corrected chi connectivity index (χ2v) is 5.75. The molecule has 0 aliphatic rings. The van der Waals surface area contributed by atoms with Crippen molar-refractivity contribution in [3.63, 3.8) is 0 Å². The molecule has 0 radical (unpaired) electrons. The highest BCUT2D eigenvalue weighted by Crippen LogP contribution is 2.26. The molecule has 4 nitrogen and oxygen atoms in total. The van der Waals surface area contributed by atoms with E-state index in [2.05, 4.69) is 10.3 Å². The van der Waals surface area contributed by atoms with Crippen molar-refractivity contribution >= 4 is 40.1 Å². The van der Waals surface area contributed by atoms with Gasteiger partial charge in [0.15, 0.2) is 0 Å². The fourth-order valence-corrected chi connectivity index (χ4v) is 2.39. The normalized spacial score (nSPS) is 12.6. The number of hydrogen-bond acceptors (Lipinski definition) is 2. The number of hydrogen-bond donors (Lipinski definition) is 1. The largest absolute Gasteiger partial charge is 0.355 e. The number of halogens is 2. The third-order valence-corrected chi connectivity index (χ3v) is 3.40. The Balaban J connectivity index is 2.38. The van der Waals surface area contributed by atoms with Crippen LogP contribution in [0.2, 0.25) is 5.02 Å². The van der Waals surface area contributed by atoms with Crippen molar-refractivity contribution < 1.29 is 4.79 Å². The van der Waals surface area contributed by atoms with Crippen molar-refractivity contribution in [2.45, 2.75) is 32.2 Å². The zero-order valence-electron chi connectivity index (χ0n) is 11.5. The molecule has 0 fully saturated rings. The highest BCUT2D eigenvalue weighted by Gasteiger charge is 2.17. The third-order valence-electron chi connectivity index (χ3n) is 2.97. The number of alkyl halides is 1. The van der Waals surface area contributed by atoms with Crippen LogP contribution in [0.25, 0.3) is 11.0 Å². The smallest absolute Gasteiger partial charge is 0.240 e. The van der Waals surface area contributed by atoms with Crippen LogP contribution in [0.15, 0.2) is 18.2 Å². The Bertz CT molecular complexity index is 622. The quantitative estimate of drug-likeness (QED) is 0.859. The predicted molar refractivity (Wildman–Crippen MR) is 82.3 cm³/mol. The molecule has 108 valence electrons. The number of nitrogens with one attached hydrogen (secondary N) is 1. The van der Waals surface area contributed by atoms with Crippen molar-refractivity contribution in [2.75, 3.05) is 6.54 Å². The standard InChI is InChI=1S/C14H17Cl2N3O/c1-3-6-17-13(20)8-19-12-5-4-10(16)7-11(12)18-14(19)9(2)15/h4-5,7,9H,3,6,8H2,1-2H3,(H,17,20). The Kier molecular flexibility index (Phi) is 4.89. The molecule has 1 aromatic heterocycles. The SMILES string of the molecule is CCCNC(=O)Cn1c(C(C)Cl)nc2cc(Cl)ccc21. The molecule has 2 rings (SSSR count). The van der Waals surface area contributed by atoms with Crippen LogP contribution in [0.5, 0.6) is 0 Å². The van der Waals surface area contributed by atoms with Gasteiger partial charge in [-0.3, -0.25) is 4.79 Å². The van der Waals surface area contributed by atoms with Crippen LogP contribution in [0.4, 0.5) is 0 Å². The zero-order chi connectivity index (χ0) is 14.7. The maximum absolute atomic E-state index is 11.9. The Morgan fingerprint density at radius 3 is 2.90 bits per heavy atom. The molecule has 0 aliphatic carbocycles. The van der Waals surface area contributed by atoms with E-state index in [1.165, 1.54) is 0 Å². The number of benzene rings is 1. The van der Waals surface area contributed by atoms with E-state index < -0.39 is 0 Å². The number of carbonyl (C=O) groups is 1. The predicted octanol–water partition coefficient (Wildman–Crippen LogP) is 3.52. The summed E-state index contributed by atoms with van der Waals surface area (Å²) in [5.41, 5.74) is 1.62. The van der Waals surface area contributed by atoms with Crippen LogP contribution in [-0.4, -0.2) is 22.0 Å². The molecule has 1 N–H and O–H groups in total. The average molecular weight is 314 g/mol. The molecule has 0 spiro atoms. The molecule has 0 aliphatic heterocycles. The van der Waals surface area contributed by atoms with E-state index in [1.54, 1.807) is 12.1 Å². The minimum Gasteiger partial charge on any atom is -0.355 e. The molecule has 1 atom stereocenters. The van der Waals surface area contributed by atoms with Gasteiger partial charge in [-0.25, -0.2) is 4.98 Å². The Hall–Kier alpha value is -1.26. The van der Waals surface area contributed by atoms with E-state index in [0.29, 0.717) is 17.4 Å². The van der Waals surface area contributed by atoms with Crippen LogP contribution >= 0.6 is 23.2 Å². The lowest BCUT2D eigenvalue weighted by Gasteiger charge is -2.10. The number of carbonyl (C=O) groups excluding carboxylic acids is 1. The molecule has 1 heterocycles. The van der Waals surface area contributed by atoms with Crippen molar-refractivity contribution in [1.82, 2.24) is 14.9 Å². The summed E-state index contributed by atoms with van der Waals surface area (Å²) in [7, 11) is 0. The summed E-state index contributed by atoms with van der Waals surface area (Å²) in [5.74, 6) is 0.634. The molecule has 20 heavy (non-hydrogen) atoms. The molecular formula is C14H17Cl2N3O. The van der Waals surface area contributed by atoms with Gasteiger partial charge in [0.05, 0.1) is 16.4 Å². The van der Waals surface area contributed by atoms with Crippen molar-refractivity contribution in [3.05, 3.63) is 29.0 Å². The van der Waals surface area contributed by atoms with Crippen molar-refractivity contribution in [3.8, 4) is 0 Å². The number of imidazole rings is 1. The fourth-order valence-electron chi connectivity index (χ4n) is 2.06. The number of rotatable bonds is 5. The monoisotopic (exact) mass is 313 g/mol. The van der Waals surface area contributed by atoms with Gasteiger partial charge in [-0.15, -0.1) is 11.6 Å². The molecule has 0 saturated carbocycles. The summed E-state index contributed by atoms with van der Waals surface area (Å²) < 4.78 is 1.84. The van der Waals surface area contributed by atoms with Gasteiger partial charge in [0.1, 0.15) is 12.4 Å². The Labute approximate surface area is 128 Å². The van der Waals surface area contributed by atoms with Gasteiger partial charge < -0.3 is 9.88 Å². The first kappa shape index (κ1) is 15.1. The van der Waals surface area contributed by atoms with Crippen molar-refractivity contribution in [2.24, 2.45) is 0 Å². The Morgan fingerprint density at radius 1 is 1.50 bits per heavy atom. The molecule has 1 unspecified atom stereocenters. The van der Waals surface area contributed by atoms with Gasteiger partial charge in [0.25, 0.3) is 0 Å².